The summed E-state index contributed by atoms with van der Waals surface area (Å²) in [6, 6.07) is 6.22. The van der Waals surface area contributed by atoms with Crippen molar-refractivity contribution in [3.05, 3.63) is 52.3 Å². The zero-order valence-corrected chi connectivity index (χ0v) is 15.2. The highest BCUT2D eigenvalue weighted by Crippen LogP contribution is 2.30. The monoisotopic (exact) mass is 411 g/mol. The Morgan fingerprint density at radius 3 is 2.78 bits per heavy atom. The number of thiophene rings is 1. The number of nitrogens with zero attached hydrogens (tertiary/aromatic N) is 2. The van der Waals surface area contributed by atoms with Gasteiger partial charge in [0.1, 0.15) is 17.2 Å². The average Bonchev–Trinajstić information content (AvgIpc) is 3.30. The van der Waals surface area contributed by atoms with E-state index in [1.807, 2.05) is 16.0 Å². The maximum atomic E-state index is 12.5. The Hall–Kier alpha value is -2.59. The van der Waals surface area contributed by atoms with Crippen molar-refractivity contribution in [3.63, 3.8) is 0 Å². The molecule has 0 spiro atoms. The lowest BCUT2D eigenvalue weighted by atomic mass is 10.2. The minimum absolute atomic E-state index is 0.149. The van der Waals surface area contributed by atoms with Gasteiger partial charge in [-0.15, -0.1) is 22.7 Å². The third-order valence-corrected chi connectivity index (χ3v) is 5.58. The van der Waals surface area contributed by atoms with Crippen LogP contribution < -0.4 is 10.1 Å². The number of benzene rings is 1. The Balaban J connectivity index is 1.31. The number of aromatic nitrogens is 2. The van der Waals surface area contributed by atoms with E-state index in [-0.39, 0.29) is 19.1 Å². The van der Waals surface area contributed by atoms with Crippen LogP contribution in [0.25, 0.3) is 15.3 Å². The second-order valence-corrected chi connectivity index (χ2v) is 7.50. The summed E-state index contributed by atoms with van der Waals surface area (Å²) in [5, 5.41) is 4.66. The highest BCUT2D eigenvalue weighted by Gasteiger charge is 2.30. The van der Waals surface area contributed by atoms with Gasteiger partial charge in [0.25, 0.3) is 5.91 Å². The highest BCUT2D eigenvalue weighted by atomic mass is 32.1. The van der Waals surface area contributed by atoms with Crippen LogP contribution in [0.5, 0.6) is 5.75 Å². The van der Waals surface area contributed by atoms with Crippen molar-refractivity contribution in [3.8, 4) is 5.75 Å². The van der Waals surface area contributed by atoms with Crippen molar-refractivity contribution in [2.75, 3.05) is 13.2 Å². The van der Waals surface area contributed by atoms with Gasteiger partial charge in [0.15, 0.2) is 4.96 Å². The summed E-state index contributed by atoms with van der Waals surface area (Å²) in [6.07, 6.45) is -2.47. The standard InChI is InChI=1S/C17H12F3N3O2S2/c18-17(19,20)10-1-3-11(4-2-10)25-7-5-21-14(24)13-9-12-15(27-13)22-16-23(12)6-8-26-16/h1-4,6,8-9H,5,7H2,(H,21,24). The van der Waals surface area contributed by atoms with Crippen LogP contribution in [0.1, 0.15) is 15.2 Å². The number of imidazole rings is 1. The average molecular weight is 411 g/mol. The van der Waals surface area contributed by atoms with Crippen LogP contribution >= 0.6 is 22.7 Å². The van der Waals surface area contributed by atoms with Gasteiger partial charge >= 0.3 is 6.18 Å². The van der Waals surface area contributed by atoms with E-state index in [1.165, 1.54) is 34.8 Å². The van der Waals surface area contributed by atoms with E-state index in [2.05, 4.69) is 10.3 Å². The van der Waals surface area contributed by atoms with Gasteiger partial charge in [-0.2, -0.15) is 13.2 Å². The first-order valence-corrected chi connectivity index (χ1v) is 9.55. The van der Waals surface area contributed by atoms with Gasteiger partial charge in [0, 0.05) is 11.6 Å². The lowest BCUT2D eigenvalue weighted by Crippen LogP contribution is -2.27. The first-order chi connectivity index (χ1) is 12.9. The number of nitrogens with one attached hydrogen (secondary N) is 1. The van der Waals surface area contributed by atoms with Crippen LogP contribution in [0.2, 0.25) is 0 Å². The quantitative estimate of drug-likeness (QED) is 0.494. The molecule has 0 aliphatic rings. The van der Waals surface area contributed by atoms with E-state index in [0.717, 1.165) is 27.4 Å². The Morgan fingerprint density at radius 2 is 2.04 bits per heavy atom. The van der Waals surface area contributed by atoms with Gasteiger partial charge in [0.2, 0.25) is 0 Å². The van der Waals surface area contributed by atoms with Gasteiger partial charge in [0.05, 0.1) is 22.5 Å². The largest absolute Gasteiger partial charge is 0.492 e. The fourth-order valence-electron chi connectivity index (χ4n) is 2.52. The molecule has 1 amide bonds. The topological polar surface area (TPSA) is 55.6 Å². The molecule has 0 saturated heterocycles. The van der Waals surface area contributed by atoms with Crippen molar-refractivity contribution in [2.24, 2.45) is 0 Å². The van der Waals surface area contributed by atoms with Crippen molar-refractivity contribution in [1.29, 1.82) is 0 Å². The Labute approximate surface area is 159 Å². The first kappa shape index (κ1) is 17.8. The van der Waals surface area contributed by atoms with E-state index in [1.54, 1.807) is 6.07 Å². The van der Waals surface area contributed by atoms with Crippen LogP contribution in [0.15, 0.2) is 41.9 Å². The summed E-state index contributed by atoms with van der Waals surface area (Å²) in [6.45, 7) is 0.381. The number of hydrogen-bond donors (Lipinski definition) is 1. The molecule has 0 atom stereocenters. The lowest BCUT2D eigenvalue weighted by Gasteiger charge is -2.09. The van der Waals surface area contributed by atoms with E-state index in [0.29, 0.717) is 10.6 Å². The van der Waals surface area contributed by atoms with Gasteiger partial charge < -0.3 is 10.1 Å². The zero-order chi connectivity index (χ0) is 19.0. The number of fused-ring (bicyclic) bond motifs is 3. The molecule has 0 radical (unpaired) electrons. The summed E-state index contributed by atoms with van der Waals surface area (Å²) in [7, 11) is 0. The molecule has 0 fully saturated rings. The van der Waals surface area contributed by atoms with Crippen LogP contribution in [-0.2, 0) is 6.18 Å². The Bertz CT molecular complexity index is 1100. The second kappa shape index (κ2) is 6.86. The number of rotatable bonds is 5. The zero-order valence-electron chi connectivity index (χ0n) is 13.6. The van der Waals surface area contributed by atoms with E-state index in [9.17, 15) is 18.0 Å². The first-order valence-electron chi connectivity index (χ1n) is 7.85. The predicted molar refractivity (Wildman–Crippen MR) is 97.7 cm³/mol. The van der Waals surface area contributed by atoms with Crippen LogP contribution in [-0.4, -0.2) is 28.4 Å². The summed E-state index contributed by atoms with van der Waals surface area (Å²) in [5.41, 5.74) is 0.161. The normalized spacial score (nSPS) is 12.0. The van der Waals surface area contributed by atoms with Crippen molar-refractivity contribution < 1.29 is 22.7 Å². The molecule has 4 aromatic rings. The maximum absolute atomic E-state index is 12.5. The van der Waals surface area contributed by atoms with Crippen molar-refractivity contribution in [1.82, 2.24) is 14.7 Å². The molecule has 27 heavy (non-hydrogen) atoms. The van der Waals surface area contributed by atoms with Crippen molar-refractivity contribution >= 4 is 43.9 Å². The summed E-state index contributed by atoms with van der Waals surface area (Å²) >= 11 is 2.84. The van der Waals surface area contributed by atoms with Crippen LogP contribution in [0, 0.1) is 0 Å². The molecule has 10 heteroatoms. The number of ether oxygens (including phenoxy) is 1. The minimum atomic E-state index is -4.37. The van der Waals surface area contributed by atoms with Gasteiger partial charge in [-0.25, -0.2) is 4.98 Å². The highest BCUT2D eigenvalue weighted by molar-refractivity contribution is 7.21. The molecule has 1 aromatic carbocycles. The molecule has 0 saturated carbocycles. The molecule has 1 N–H and O–H groups in total. The molecule has 0 aliphatic carbocycles. The number of amides is 1. The second-order valence-electron chi connectivity index (χ2n) is 5.59. The van der Waals surface area contributed by atoms with Crippen LogP contribution in [0.3, 0.4) is 0 Å². The molecule has 140 valence electrons. The smallest absolute Gasteiger partial charge is 0.416 e. The molecule has 0 unspecified atom stereocenters. The third kappa shape index (κ3) is 3.62. The van der Waals surface area contributed by atoms with Gasteiger partial charge in [-0.05, 0) is 30.3 Å². The number of hydrogen-bond acceptors (Lipinski definition) is 5. The number of alkyl halides is 3. The van der Waals surface area contributed by atoms with E-state index >= 15 is 0 Å². The summed E-state index contributed by atoms with van der Waals surface area (Å²) < 4.78 is 44.8. The Kier molecular flexibility index (Phi) is 4.52. The van der Waals surface area contributed by atoms with Gasteiger partial charge in [-0.3, -0.25) is 9.20 Å². The summed E-state index contributed by atoms with van der Waals surface area (Å²) in [4.78, 5) is 18.9. The molecule has 0 bridgehead atoms. The molecule has 3 aromatic heterocycles. The predicted octanol–water partition coefficient (Wildman–Crippen LogP) is 4.44. The van der Waals surface area contributed by atoms with Crippen LogP contribution in [0.4, 0.5) is 13.2 Å². The number of carbonyl (C=O) groups is 1. The Morgan fingerprint density at radius 1 is 1.26 bits per heavy atom. The van der Waals surface area contributed by atoms with E-state index < -0.39 is 11.7 Å². The third-order valence-electron chi connectivity index (χ3n) is 3.80. The fourth-order valence-corrected chi connectivity index (χ4v) is 4.24. The molecule has 3 heterocycles. The fraction of sp³-hybridized carbons (Fsp3) is 0.176. The number of thiazole rings is 1. The van der Waals surface area contributed by atoms with Crippen molar-refractivity contribution in [2.45, 2.75) is 6.18 Å². The summed E-state index contributed by atoms with van der Waals surface area (Å²) in [5.74, 6) is 0.0746. The van der Waals surface area contributed by atoms with Gasteiger partial charge in [-0.1, -0.05) is 0 Å². The molecular formula is C17H12F3N3O2S2. The lowest BCUT2D eigenvalue weighted by molar-refractivity contribution is -0.137. The van der Waals surface area contributed by atoms with E-state index in [4.69, 9.17) is 4.74 Å². The SMILES string of the molecule is O=C(NCCOc1ccc(C(F)(F)F)cc1)c1cc2c(nc3sccn32)s1. The molecular weight excluding hydrogens is 399 g/mol. The molecule has 5 nitrogen and oxygen atoms in total. The maximum Gasteiger partial charge on any atom is 0.416 e. The minimum Gasteiger partial charge on any atom is -0.492 e. The molecule has 4 rings (SSSR count). The number of halogens is 3. The molecule has 0 aliphatic heterocycles. The number of carbonyl (C=O) groups excluding carboxylic acids is 1.